The van der Waals surface area contributed by atoms with Crippen molar-refractivity contribution in [3.05, 3.63) is 34.7 Å². The van der Waals surface area contributed by atoms with Crippen molar-refractivity contribution in [2.45, 2.75) is 13.8 Å². The quantitative estimate of drug-likeness (QED) is 0.642. The Labute approximate surface area is 90.3 Å². The van der Waals surface area contributed by atoms with Crippen LogP contribution in [0.25, 0.3) is 10.1 Å². The number of fused-ring (bicyclic) bond motifs is 1. The molecule has 63 valence electrons. The molecule has 0 aliphatic carbocycles. The van der Waals surface area contributed by atoms with E-state index in [4.69, 9.17) is 0 Å². The molecule has 0 N–H and O–H groups in total. The van der Waals surface area contributed by atoms with E-state index in [1.54, 1.807) is 11.3 Å². The van der Waals surface area contributed by atoms with Crippen LogP contribution in [0.15, 0.2) is 17.5 Å². The van der Waals surface area contributed by atoms with Crippen LogP contribution in [0.5, 0.6) is 0 Å². The van der Waals surface area contributed by atoms with Crippen molar-refractivity contribution < 1.29 is 20.4 Å². The third-order valence-electron chi connectivity index (χ3n) is 2.00. The minimum absolute atomic E-state index is 0. The van der Waals surface area contributed by atoms with Crippen molar-refractivity contribution in [2.75, 3.05) is 0 Å². The van der Waals surface area contributed by atoms with E-state index in [9.17, 15) is 0 Å². The van der Waals surface area contributed by atoms with Crippen molar-refractivity contribution in [1.29, 1.82) is 0 Å². The molecule has 0 aliphatic heterocycles. The number of hydrogen-bond acceptors (Lipinski definition) is 1. The zero-order chi connectivity index (χ0) is 7.84. The third kappa shape index (κ3) is 1.61. The van der Waals surface area contributed by atoms with Crippen LogP contribution < -0.4 is 0 Å². The van der Waals surface area contributed by atoms with Crippen LogP contribution in [0.2, 0.25) is 0 Å². The molecule has 2 rings (SSSR count). The van der Waals surface area contributed by atoms with Crippen LogP contribution >= 0.6 is 11.3 Å². The molecule has 0 fully saturated rings. The Morgan fingerprint density at radius 1 is 1.17 bits per heavy atom. The maximum Gasteiger partial charge on any atom is 0 e. The molecule has 1 heterocycles. The number of thiophene rings is 1. The summed E-state index contributed by atoms with van der Waals surface area (Å²) in [6.07, 6.45) is 0. The molecule has 1 aromatic heterocycles. The van der Waals surface area contributed by atoms with Gasteiger partial charge in [-0.05, 0) is 6.92 Å². The van der Waals surface area contributed by atoms with Crippen LogP contribution in [0.1, 0.15) is 11.1 Å². The summed E-state index contributed by atoms with van der Waals surface area (Å²) in [5, 5.41) is 3.27. The molecule has 1 radical (unpaired) electrons. The molecule has 12 heavy (non-hydrogen) atoms. The molecule has 0 saturated carbocycles. The summed E-state index contributed by atoms with van der Waals surface area (Å²) in [5.74, 6) is 0. The fourth-order valence-corrected chi connectivity index (χ4v) is 1.96. The van der Waals surface area contributed by atoms with Crippen molar-refractivity contribution in [2.24, 2.45) is 0 Å². The zero-order valence-corrected chi connectivity index (χ0v) is 10.6. The van der Waals surface area contributed by atoms with Crippen LogP contribution in [-0.2, 0) is 20.4 Å². The summed E-state index contributed by atoms with van der Waals surface area (Å²) in [5.41, 5.74) is 2.72. The van der Waals surface area contributed by atoms with Gasteiger partial charge in [-0.25, -0.2) is 11.3 Å². The largest absolute Gasteiger partial charge is 0.226 e. The van der Waals surface area contributed by atoms with Crippen LogP contribution in [0, 0.1) is 19.9 Å². The Balaban J connectivity index is 0.000000720. The van der Waals surface area contributed by atoms with E-state index in [2.05, 4.69) is 32.0 Å². The topological polar surface area (TPSA) is 0 Å². The SMILES string of the molecule is Cc1cc2[c-]csc2cc1C.[Re]. The molecule has 0 saturated heterocycles. The minimum Gasteiger partial charge on any atom is -0.226 e. The second kappa shape index (κ2) is 3.70. The Bertz CT molecular complexity index is 354. The fourth-order valence-electron chi connectivity index (χ4n) is 1.16. The third-order valence-corrected chi connectivity index (χ3v) is 2.82. The van der Waals surface area contributed by atoms with E-state index in [0.717, 1.165) is 0 Å². The van der Waals surface area contributed by atoms with E-state index in [0.29, 0.717) is 0 Å². The monoisotopic (exact) mass is 348 g/mol. The van der Waals surface area contributed by atoms with E-state index in [1.165, 1.54) is 21.2 Å². The van der Waals surface area contributed by atoms with Crippen molar-refractivity contribution in [1.82, 2.24) is 0 Å². The maximum absolute atomic E-state index is 3.21. The van der Waals surface area contributed by atoms with Crippen LogP contribution in [-0.4, -0.2) is 0 Å². The molecule has 0 unspecified atom stereocenters. The van der Waals surface area contributed by atoms with Crippen molar-refractivity contribution in [3.8, 4) is 0 Å². The van der Waals surface area contributed by atoms with Gasteiger partial charge in [0.15, 0.2) is 0 Å². The smallest absolute Gasteiger partial charge is 0 e. The van der Waals surface area contributed by atoms with Gasteiger partial charge in [-0.15, -0.1) is 5.56 Å². The Kier molecular flexibility index (Phi) is 3.06. The summed E-state index contributed by atoms with van der Waals surface area (Å²) in [6.45, 7) is 4.29. The van der Waals surface area contributed by atoms with Gasteiger partial charge in [-0.3, -0.25) is 0 Å². The van der Waals surface area contributed by atoms with Gasteiger partial charge in [-0.2, -0.15) is 17.5 Å². The number of hydrogen-bond donors (Lipinski definition) is 0. The molecule has 2 heteroatoms. The van der Waals surface area contributed by atoms with Gasteiger partial charge in [0, 0.05) is 20.4 Å². The molecular weight excluding hydrogens is 338 g/mol. The second-order valence-electron chi connectivity index (χ2n) is 2.81. The normalized spacial score (nSPS) is 9.83. The number of aryl methyl sites for hydroxylation is 2. The predicted molar refractivity (Wildman–Crippen MR) is 50.1 cm³/mol. The zero-order valence-electron chi connectivity index (χ0n) is 7.02. The molecule has 2 aromatic rings. The van der Waals surface area contributed by atoms with Gasteiger partial charge in [0.25, 0.3) is 0 Å². The first kappa shape index (κ1) is 9.93. The van der Waals surface area contributed by atoms with E-state index in [1.807, 2.05) is 5.38 Å². The standard InChI is InChI=1S/C10H9S.Re/c1-7-5-9-3-4-11-10(9)6-8(7)2;/h4-6H,1-2H3;/q-1;. The van der Waals surface area contributed by atoms with E-state index in [-0.39, 0.29) is 20.4 Å². The predicted octanol–water partition coefficient (Wildman–Crippen LogP) is 3.32. The van der Waals surface area contributed by atoms with Gasteiger partial charge < -0.3 is 0 Å². The van der Waals surface area contributed by atoms with E-state index < -0.39 is 0 Å². The molecule has 0 aliphatic rings. The molecule has 1 aromatic carbocycles. The first-order valence-electron chi connectivity index (χ1n) is 3.63. The first-order valence-corrected chi connectivity index (χ1v) is 4.51. The van der Waals surface area contributed by atoms with Crippen LogP contribution in [0.4, 0.5) is 0 Å². The summed E-state index contributed by atoms with van der Waals surface area (Å²) in [7, 11) is 0. The Morgan fingerprint density at radius 3 is 2.58 bits per heavy atom. The van der Waals surface area contributed by atoms with Crippen molar-refractivity contribution >= 4 is 21.4 Å². The molecule has 0 spiro atoms. The van der Waals surface area contributed by atoms with Gasteiger partial charge in [0.1, 0.15) is 0 Å². The fraction of sp³-hybridized carbons (Fsp3) is 0.200. The molecule has 0 nitrogen and oxygen atoms in total. The summed E-state index contributed by atoms with van der Waals surface area (Å²) >= 11 is 1.75. The Hall–Kier alpha value is -0.158. The van der Waals surface area contributed by atoms with Gasteiger partial charge in [0.2, 0.25) is 0 Å². The summed E-state index contributed by atoms with van der Waals surface area (Å²) in [6, 6.07) is 7.63. The number of benzene rings is 1. The summed E-state index contributed by atoms with van der Waals surface area (Å²) in [4.78, 5) is 0. The first-order chi connectivity index (χ1) is 5.27. The molecule has 0 bridgehead atoms. The number of rotatable bonds is 0. The van der Waals surface area contributed by atoms with Crippen LogP contribution in [0.3, 0.4) is 0 Å². The van der Waals surface area contributed by atoms with Crippen molar-refractivity contribution in [3.63, 3.8) is 0 Å². The molecule has 0 atom stereocenters. The molecular formula is C10H9ReS-. The van der Waals surface area contributed by atoms with Gasteiger partial charge in [0.05, 0.1) is 0 Å². The molecule has 0 amide bonds. The minimum atomic E-state index is 0. The average molecular weight is 347 g/mol. The average Bonchev–Trinajstić information content (AvgIpc) is 2.36. The Morgan fingerprint density at radius 2 is 1.83 bits per heavy atom. The van der Waals surface area contributed by atoms with Gasteiger partial charge in [-0.1, -0.05) is 28.6 Å². The second-order valence-corrected chi connectivity index (χ2v) is 3.72. The van der Waals surface area contributed by atoms with E-state index >= 15 is 0 Å². The van der Waals surface area contributed by atoms with Gasteiger partial charge >= 0.3 is 0 Å². The maximum atomic E-state index is 3.21. The summed E-state index contributed by atoms with van der Waals surface area (Å²) < 4.78 is 1.34.